The summed E-state index contributed by atoms with van der Waals surface area (Å²) in [5, 5.41) is 11.9. The Morgan fingerprint density at radius 2 is 1.77 bits per heavy atom. The molecule has 7 heteroatoms. The highest BCUT2D eigenvalue weighted by Crippen LogP contribution is 2.24. The number of carbonyl (C=O) groups excluding carboxylic acids is 2. The molecule has 0 saturated carbocycles. The van der Waals surface area contributed by atoms with Gasteiger partial charge in [-0.1, -0.05) is 18.2 Å². The minimum atomic E-state index is -0.179. The van der Waals surface area contributed by atoms with Gasteiger partial charge in [-0.15, -0.1) is 11.8 Å². The van der Waals surface area contributed by atoms with E-state index >= 15 is 0 Å². The summed E-state index contributed by atoms with van der Waals surface area (Å²) in [6.45, 7) is 4.45. The maximum atomic E-state index is 13.0. The molecule has 0 radical (unpaired) electrons. The number of amides is 2. The van der Waals surface area contributed by atoms with Gasteiger partial charge in [0.15, 0.2) is 0 Å². The summed E-state index contributed by atoms with van der Waals surface area (Å²) in [4.78, 5) is 29.7. The van der Waals surface area contributed by atoms with Crippen LogP contribution >= 0.6 is 11.8 Å². The van der Waals surface area contributed by atoms with Crippen molar-refractivity contribution in [3.8, 4) is 6.07 Å². The minimum absolute atomic E-state index is 0.0794. The van der Waals surface area contributed by atoms with Gasteiger partial charge in [-0.3, -0.25) is 14.5 Å². The van der Waals surface area contributed by atoms with Gasteiger partial charge in [-0.2, -0.15) is 5.26 Å². The van der Waals surface area contributed by atoms with Crippen molar-refractivity contribution in [2.24, 2.45) is 0 Å². The van der Waals surface area contributed by atoms with Crippen molar-refractivity contribution in [1.82, 2.24) is 4.90 Å². The van der Waals surface area contributed by atoms with Crippen LogP contribution in [0.3, 0.4) is 0 Å². The van der Waals surface area contributed by atoms with Crippen molar-refractivity contribution < 1.29 is 9.59 Å². The van der Waals surface area contributed by atoms with Crippen LogP contribution in [0.5, 0.6) is 0 Å². The Morgan fingerprint density at radius 1 is 1.10 bits per heavy atom. The first-order valence-corrected chi connectivity index (χ1v) is 10.9. The zero-order valence-corrected chi connectivity index (χ0v) is 18.8. The Kier molecular flexibility index (Phi) is 8.90. The number of nitriles is 1. The molecular weight excluding hydrogens is 396 g/mol. The smallest absolute Gasteiger partial charge is 0.241 e. The highest BCUT2D eigenvalue weighted by Gasteiger charge is 2.19. The number of rotatable bonds is 9. The van der Waals surface area contributed by atoms with E-state index in [0.29, 0.717) is 6.54 Å². The van der Waals surface area contributed by atoms with E-state index < -0.39 is 0 Å². The normalized spacial score (nSPS) is 10.5. The lowest BCUT2D eigenvalue weighted by Crippen LogP contribution is -2.42. The maximum absolute atomic E-state index is 13.0. The first-order valence-electron chi connectivity index (χ1n) is 9.71. The van der Waals surface area contributed by atoms with E-state index in [0.717, 1.165) is 27.4 Å². The number of nitrogens with one attached hydrogen (secondary N) is 1. The van der Waals surface area contributed by atoms with Gasteiger partial charge in [-0.25, -0.2) is 0 Å². The second kappa shape index (κ2) is 11.4. The van der Waals surface area contributed by atoms with Crippen LogP contribution in [0.2, 0.25) is 0 Å². The van der Waals surface area contributed by atoms with Crippen LogP contribution in [-0.2, 0) is 9.59 Å². The molecule has 0 aliphatic carbocycles. The Labute approximate surface area is 182 Å². The molecule has 0 fully saturated rings. The molecule has 158 valence electrons. The molecule has 0 heterocycles. The number of nitrogens with zero attached hydrogens (tertiary/aromatic N) is 3. The lowest BCUT2D eigenvalue weighted by Gasteiger charge is -2.25. The summed E-state index contributed by atoms with van der Waals surface area (Å²) >= 11 is 1.56. The van der Waals surface area contributed by atoms with Crippen LogP contribution in [0.25, 0.3) is 0 Å². The molecule has 0 aliphatic rings. The molecule has 0 atom stereocenters. The lowest BCUT2D eigenvalue weighted by atomic mass is 10.1. The van der Waals surface area contributed by atoms with E-state index in [1.54, 1.807) is 28.6 Å². The Balaban J connectivity index is 2.03. The van der Waals surface area contributed by atoms with Gasteiger partial charge in [0.1, 0.15) is 0 Å². The van der Waals surface area contributed by atoms with Crippen molar-refractivity contribution in [3.05, 3.63) is 53.6 Å². The third-order valence-corrected chi connectivity index (χ3v) is 5.26. The third-order valence-electron chi connectivity index (χ3n) is 4.47. The van der Waals surface area contributed by atoms with Crippen LogP contribution in [0.15, 0.2) is 47.4 Å². The molecule has 30 heavy (non-hydrogen) atoms. The molecule has 2 aromatic rings. The SMILES string of the molecule is CSc1ccccc1NC(=O)CN(C)CC(=O)N(CCC#N)c1cc(C)cc(C)c1. The molecule has 1 N–H and O–H groups in total. The zero-order valence-electron chi connectivity index (χ0n) is 17.9. The number of aryl methyl sites for hydroxylation is 2. The van der Waals surface area contributed by atoms with Gasteiger partial charge in [0.2, 0.25) is 11.8 Å². The fraction of sp³-hybridized carbons (Fsp3) is 0.348. The number of thioether (sulfide) groups is 1. The van der Waals surface area contributed by atoms with Crippen LogP contribution in [0.4, 0.5) is 11.4 Å². The van der Waals surface area contributed by atoms with E-state index in [2.05, 4.69) is 11.4 Å². The summed E-state index contributed by atoms with van der Waals surface area (Å²) < 4.78 is 0. The third kappa shape index (κ3) is 6.90. The topological polar surface area (TPSA) is 76.4 Å². The number of hydrogen-bond acceptors (Lipinski definition) is 5. The van der Waals surface area contributed by atoms with Crippen molar-refractivity contribution in [1.29, 1.82) is 5.26 Å². The van der Waals surface area contributed by atoms with Gasteiger partial charge in [0.05, 0.1) is 31.3 Å². The van der Waals surface area contributed by atoms with E-state index in [-0.39, 0.29) is 31.3 Å². The first-order chi connectivity index (χ1) is 14.3. The Morgan fingerprint density at radius 3 is 2.40 bits per heavy atom. The van der Waals surface area contributed by atoms with Crippen molar-refractivity contribution in [3.63, 3.8) is 0 Å². The Hall–Kier alpha value is -2.82. The summed E-state index contributed by atoms with van der Waals surface area (Å²) in [6, 6.07) is 15.6. The second-order valence-electron chi connectivity index (χ2n) is 7.22. The molecule has 2 aromatic carbocycles. The quantitative estimate of drug-likeness (QED) is 0.619. The van der Waals surface area contributed by atoms with Gasteiger partial charge in [0, 0.05) is 17.1 Å². The average molecular weight is 425 g/mol. The molecule has 0 spiro atoms. The van der Waals surface area contributed by atoms with E-state index in [9.17, 15) is 9.59 Å². The summed E-state index contributed by atoms with van der Waals surface area (Å²) in [6.07, 6.45) is 2.20. The van der Waals surface area contributed by atoms with E-state index in [1.165, 1.54) is 0 Å². The summed E-state index contributed by atoms with van der Waals surface area (Å²) in [5.74, 6) is -0.322. The highest BCUT2D eigenvalue weighted by molar-refractivity contribution is 7.98. The number of para-hydroxylation sites is 1. The lowest BCUT2D eigenvalue weighted by molar-refractivity contribution is -0.121. The molecule has 0 unspecified atom stereocenters. The van der Waals surface area contributed by atoms with E-state index in [1.807, 2.05) is 62.6 Å². The Bertz CT molecular complexity index is 919. The van der Waals surface area contributed by atoms with Gasteiger partial charge >= 0.3 is 0 Å². The zero-order chi connectivity index (χ0) is 22.1. The monoisotopic (exact) mass is 424 g/mol. The summed E-state index contributed by atoms with van der Waals surface area (Å²) in [7, 11) is 1.74. The fourth-order valence-corrected chi connectivity index (χ4v) is 3.77. The van der Waals surface area contributed by atoms with Crippen molar-refractivity contribution >= 4 is 35.0 Å². The molecule has 0 aliphatic heterocycles. The fourth-order valence-electron chi connectivity index (χ4n) is 3.22. The first kappa shape index (κ1) is 23.5. The van der Waals surface area contributed by atoms with Crippen LogP contribution in [0.1, 0.15) is 17.5 Å². The number of carbonyl (C=O) groups is 2. The molecule has 0 aromatic heterocycles. The van der Waals surface area contributed by atoms with Crippen LogP contribution in [0, 0.1) is 25.2 Å². The average Bonchev–Trinajstić information content (AvgIpc) is 2.67. The number of anilines is 2. The molecule has 2 amide bonds. The molecular formula is C23H28N4O2S. The second-order valence-corrected chi connectivity index (χ2v) is 8.07. The molecule has 0 saturated heterocycles. The number of hydrogen-bond donors (Lipinski definition) is 1. The van der Waals surface area contributed by atoms with Gasteiger partial charge in [-0.05, 0) is 62.5 Å². The summed E-state index contributed by atoms with van der Waals surface area (Å²) in [5.41, 5.74) is 3.65. The van der Waals surface area contributed by atoms with E-state index in [4.69, 9.17) is 5.26 Å². The van der Waals surface area contributed by atoms with Crippen molar-refractivity contribution in [2.75, 3.05) is 43.2 Å². The highest BCUT2D eigenvalue weighted by atomic mass is 32.2. The van der Waals surface area contributed by atoms with Gasteiger partial charge in [0.25, 0.3) is 0 Å². The minimum Gasteiger partial charge on any atom is -0.324 e. The molecule has 6 nitrogen and oxygen atoms in total. The van der Waals surface area contributed by atoms with Crippen molar-refractivity contribution in [2.45, 2.75) is 25.2 Å². The number of benzene rings is 2. The molecule has 0 bridgehead atoms. The van der Waals surface area contributed by atoms with Crippen LogP contribution < -0.4 is 10.2 Å². The largest absolute Gasteiger partial charge is 0.324 e. The molecule has 2 rings (SSSR count). The predicted octanol–water partition coefficient (Wildman–Crippen LogP) is 3.84. The van der Waals surface area contributed by atoms with Gasteiger partial charge < -0.3 is 10.2 Å². The predicted molar refractivity (Wildman–Crippen MR) is 123 cm³/mol. The standard InChI is InChI=1S/C23H28N4O2S/c1-17-12-18(2)14-19(13-17)27(11-7-10-24)23(29)16-26(3)15-22(28)25-20-8-5-6-9-21(20)30-4/h5-6,8-9,12-14H,7,11,15-16H2,1-4H3,(H,25,28). The van der Waals surface area contributed by atoms with Crippen LogP contribution in [-0.4, -0.2) is 49.7 Å². The maximum Gasteiger partial charge on any atom is 0.241 e. The number of likely N-dealkylation sites (N-methyl/N-ethyl adjacent to an activating group) is 1.